The Hall–Kier alpha value is -0.610. The molecule has 0 aromatic rings. The topological polar surface area (TPSA) is 50.4 Å². The molecule has 3 fully saturated rings. The highest BCUT2D eigenvalue weighted by Crippen LogP contribution is 2.58. The molecule has 1 spiro atoms. The maximum atomic E-state index is 12.1. The fraction of sp³-hybridized carbons (Fsp3) is 0.938. The molecule has 0 aromatic heterocycles. The van der Waals surface area contributed by atoms with Gasteiger partial charge >= 0.3 is 0 Å². The molecule has 4 nitrogen and oxygen atoms in total. The standard InChI is InChI=1S/C16H28N2O2/c19-15(14-12-16(14)6-9-17-10-7-16)18-8-3-11-20-13-4-1-2-5-13/h13-14,17H,1-12H2,(H,18,19). The molecule has 4 heteroatoms. The van der Waals surface area contributed by atoms with Crippen LogP contribution in [0.4, 0.5) is 0 Å². The highest BCUT2D eigenvalue weighted by atomic mass is 16.5. The van der Waals surface area contributed by atoms with Crippen molar-refractivity contribution < 1.29 is 9.53 Å². The average molecular weight is 280 g/mol. The van der Waals surface area contributed by atoms with E-state index in [2.05, 4.69) is 10.6 Å². The minimum atomic E-state index is 0.285. The van der Waals surface area contributed by atoms with Gasteiger partial charge in [0.25, 0.3) is 0 Å². The van der Waals surface area contributed by atoms with Crippen LogP contribution in [-0.4, -0.2) is 38.3 Å². The van der Waals surface area contributed by atoms with E-state index in [4.69, 9.17) is 4.74 Å². The molecule has 0 aromatic carbocycles. The van der Waals surface area contributed by atoms with Crippen molar-refractivity contribution in [3.63, 3.8) is 0 Å². The molecule has 1 aliphatic heterocycles. The molecular weight excluding hydrogens is 252 g/mol. The molecule has 2 saturated carbocycles. The second-order valence-corrected chi connectivity index (χ2v) is 6.79. The van der Waals surface area contributed by atoms with E-state index in [0.717, 1.165) is 39.1 Å². The molecule has 20 heavy (non-hydrogen) atoms. The molecule has 1 saturated heterocycles. The number of amides is 1. The van der Waals surface area contributed by atoms with Crippen LogP contribution in [0.25, 0.3) is 0 Å². The highest BCUT2D eigenvalue weighted by molar-refractivity contribution is 5.82. The summed E-state index contributed by atoms with van der Waals surface area (Å²) < 4.78 is 5.81. The molecule has 2 aliphatic carbocycles. The first-order valence-electron chi connectivity index (χ1n) is 8.40. The van der Waals surface area contributed by atoms with Crippen molar-refractivity contribution in [3.8, 4) is 0 Å². The molecule has 1 unspecified atom stereocenters. The lowest BCUT2D eigenvalue weighted by atomic mass is 9.92. The Balaban J connectivity index is 1.26. The van der Waals surface area contributed by atoms with Gasteiger partial charge in [0, 0.05) is 19.1 Å². The molecule has 2 N–H and O–H groups in total. The Morgan fingerprint density at radius 2 is 2.00 bits per heavy atom. The largest absolute Gasteiger partial charge is 0.378 e. The van der Waals surface area contributed by atoms with Gasteiger partial charge in [-0.1, -0.05) is 12.8 Å². The van der Waals surface area contributed by atoms with Crippen LogP contribution in [-0.2, 0) is 9.53 Å². The van der Waals surface area contributed by atoms with E-state index in [1.807, 2.05) is 0 Å². The second-order valence-electron chi connectivity index (χ2n) is 6.79. The second kappa shape index (κ2) is 6.44. The van der Waals surface area contributed by atoms with E-state index in [1.54, 1.807) is 0 Å². The Bertz CT molecular complexity index is 333. The van der Waals surface area contributed by atoms with Gasteiger partial charge < -0.3 is 15.4 Å². The lowest BCUT2D eigenvalue weighted by molar-refractivity contribution is -0.123. The van der Waals surface area contributed by atoms with Crippen LogP contribution < -0.4 is 10.6 Å². The summed E-state index contributed by atoms with van der Waals surface area (Å²) in [4.78, 5) is 12.1. The number of hydrogen-bond acceptors (Lipinski definition) is 3. The normalized spacial score (nSPS) is 28.7. The van der Waals surface area contributed by atoms with Gasteiger partial charge in [-0.3, -0.25) is 4.79 Å². The van der Waals surface area contributed by atoms with E-state index in [-0.39, 0.29) is 5.91 Å². The van der Waals surface area contributed by atoms with Crippen LogP contribution >= 0.6 is 0 Å². The molecule has 1 amide bonds. The summed E-state index contributed by atoms with van der Waals surface area (Å²) in [5, 5.41) is 6.48. The number of nitrogens with one attached hydrogen (secondary N) is 2. The Morgan fingerprint density at radius 3 is 2.75 bits per heavy atom. The summed E-state index contributed by atoms with van der Waals surface area (Å²) in [5.41, 5.74) is 0.357. The monoisotopic (exact) mass is 280 g/mol. The summed E-state index contributed by atoms with van der Waals surface area (Å²) in [5.74, 6) is 0.577. The lowest BCUT2D eigenvalue weighted by Gasteiger charge is -2.23. The van der Waals surface area contributed by atoms with E-state index in [1.165, 1.54) is 38.5 Å². The summed E-state index contributed by atoms with van der Waals surface area (Å²) in [6, 6.07) is 0. The van der Waals surface area contributed by atoms with Gasteiger partial charge in [0.15, 0.2) is 0 Å². The van der Waals surface area contributed by atoms with E-state index in [0.29, 0.717) is 17.4 Å². The van der Waals surface area contributed by atoms with Crippen molar-refractivity contribution >= 4 is 5.91 Å². The third-order valence-electron chi connectivity index (χ3n) is 5.38. The molecule has 3 aliphatic rings. The Labute approximate surface area is 122 Å². The van der Waals surface area contributed by atoms with Gasteiger partial charge in [0.2, 0.25) is 5.91 Å². The van der Waals surface area contributed by atoms with Crippen molar-refractivity contribution in [2.75, 3.05) is 26.2 Å². The fourth-order valence-corrected chi connectivity index (χ4v) is 3.91. The maximum absolute atomic E-state index is 12.1. The molecular formula is C16H28N2O2. The summed E-state index contributed by atoms with van der Waals surface area (Å²) in [6.07, 6.45) is 10.00. The molecule has 0 bridgehead atoms. The van der Waals surface area contributed by atoms with Crippen LogP contribution in [0.3, 0.4) is 0 Å². The molecule has 114 valence electrons. The minimum Gasteiger partial charge on any atom is -0.378 e. The van der Waals surface area contributed by atoms with E-state index < -0.39 is 0 Å². The number of carbonyl (C=O) groups excluding carboxylic acids is 1. The van der Waals surface area contributed by atoms with E-state index in [9.17, 15) is 4.79 Å². The zero-order valence-electron chi connectivity index (χ0n) is 12.5. The summed E-state index contributed by atoms with van der Waals surface area (Å²) in [7, 11) is 0. The smallest absolute Gasteiger partial charge is 0.223 e. The molecule has 1 heterocycles. The highest BCUT2D eigenvalue weighted by Gasteiger charge is 2.57. The first-order chi connectivity index (χ1) is 9.80. The minimum absolute atomic E-state index is 0.285. The third kappa shape index (κ3) is 3.34. The lowest BCUT2D eigenvalue weighted by Crippen LogP contribution is -2.34. The van der Waals surface area contributed by atoms with Crippen molar-refractivity contribution in [1.29, 1.82) is 0 Å². The van der Waals surface area contributed by atoms with Crippen LogP contribution in [0.15, 0.2) is 0 Å². The first kappa shape index (κ1) is 14.3. The quantitative estimate of drug-likeness (QED) is 0.730. The third-order valence-corrected chi connectivity index (χ3v) is 5.38. The van der Waals surface area contributed by atoms with Crippen molar-refractivity contribution in [2.45, 2.75) is 57.5 Å². The fourth-order valence-electron chi connectivity index (χ4n) is 3.91. The van der Waals surface area contributed by atoms with Crippen LogP contribution in [0.1, 0.15) is 51.4 Å². The van der Waals surface area contributed by atoms with Crippen molar-refractivity contribution in [1.82, 2.24) is 10.6 Å². The Kier molecular flexibility index (Phi) is 4.61. The average Bonchev–Trinajstić information content (AvgIpc) is 2.92. The van der Waals surface area contributed by atoms with Crippen LogP contribution in [0.2, 0.25) is 0 Å². The predicted octanol–water partition coefficient (Wildman–Crippen LogP) is 1.84. The zero-order chi connectivity index (χ0) is 13.8. The molecule has 1 atom stereocenters. The Morgan fingerprint density at radius 1 is 1.25 bits per heavy atom. The molecule has 3 rings (SSSR count). The van der Waals surface area contributed by atoms with Crippen molar-refractivity contribution in [3.05, 3.63) is 0 Å². The number of rotatable bonds is 6. The van der Waals surface area contributed by atoms with Gasteiger partial charge in [-0.15, -0.1) is 0 Å². The SMILES string of the molecule is O=C(NCCCOC1CCCC1)C1CC12CCNCC2. The van der Waals surface area contributed by atoms with Crippen molar-refractivity contribution in [2.24, 2.45) is 11.3 Å². The van der Waals surface area contributed by atoms with Gasteiger partial charge in [-0.2, -0.15) is 0 Å². The van der Waals surface area contributed by atoms with Gasteiger partial charge in [-0.05, 0) is 57.0 Å². The first-order valence-corrected chi connectivity index (χ1v) is 8.40. The zero-order valence-corrected chi connectivity index (χ0v) is 12.5. The maximum Gasteiger partial charge on any atom is 0.223 e. The predicted molar refractivity (Wildman–Crippen MR) is 78.5 cm³/mol. The number of hydrogen-bond donors (Lipinski definition) is 2. The van der Waals surface area contributed by atoms with Gasteiger partial charge in [0.05, 0.1) is 6.10 Å². The van der Waals surface area contributed by atoms with E-state index >= 15 is 0 Å². The summed E-state index contributed by atoms with van der Waals surface area (Å²) >= 11 is 0. The van der Waals surface area contributed by atoms with Gasteiger partial charge in [0.1, 0.15) is 0 Å². The number of ether oxygens (including phenoxy) is 1. The molecule has 0 radical (unpaired) electrons. The number of piperidine rings is 1. The number of carbonyl (C=O) groups is 1. The van der Waals surface area contributed by atoms with Crippen LogP contribution in [0.5, 0.6) is 0 Å². The van der Waals surface area contributed by atoms with Crippen LogP contribution in [0, 0.1) is 11.3 Å². The van der Waals surface area contributed by atoms with Gasteiger partial charge in [-0.25, -0.2) is 0 Å². The summed E-state index contributed by atoms with van der Waals surface area (Å²) in [6.45, 7) is 3.74.